The maximum absolute atomic E-state index is 12.3. The van der Waals surface area contributed by atoms with Gasteiger partial charge in [-0.25, -0.2) is 4.68 Å². The second-order valence-corrected chi connectivity index (χ2v) is 6.02. The summed E-state index contributed by atoms with van der Waals surface area (Å²) in [5.41, 5.74) is 1.52. The van der Waals surface area contributed by atoms with Crippen LogP contribution in [0.25, 0.3) is 0 Å². The Bertz CT molecular complexity index is 873. The van der Waals surface area contributed by atoms with Crippen LogP contribution < -0.4 is 10.1 Å². The Balaban J connectivity index is 1.58. The van der Waals surface area contributed by atoms with Crippen LogP contribution in [0.3, 0.4) is 0 Å². The predicted molar refractivity (Wildman–Crippen MR) is 94.6 cm³/mol. The van der Waals surface area contributed by atoms with E-state index >= 15 is 0 Å². The maximum atomic E-state index is 12.3. The largest absolute Gasteiger partial charge is 0.471 e. The molecule has 0 aliphatic rings. The lowest BCUT2D eigenvalue weighted by Gasteiger charge is -2.13. The Kier molecular flexibility index (Phi) is 5.04. The molecule has 0 spiro atoms. The SMILES string of the molecule is Cc1ccnn1C(C)C(=O)Nc1cnn(COc2cccc(Cl)c2)c1. The average Bonchev–Trinajstić information content (AvgIpc) is 3.21. The summed E-state index contributed by atoms with van der Waals surface area (Å²) in [6.07, 6.45) is 4.94. The van der Waals surface area contributed by atoms with E-state index in [0.29, 0.717) is 16.5 Å². The van der Waals surface area contributed by atoms with Crippen molar-refractivity contribution in [2.75, 3.05) is 5.32 Å². The Morgan fingerprint density at radius 2 is 2.20 bits per heavy atom. The Morgan fingerprint density at radius 3 is 2.92 bits per heavy atom. The fourth-order valence-electron chi connectivity index (χ4n) is 2.34. The van der Waals surface area contributed by atoms with Crippen molar-refractivity contribution < 1.29 is 9.53 Å². The molecular weight excluding hydrogens is 342 g/mol. The van der Waals surface area contributed by atoms with Crippen LogP contribution in [-0.2, 0) is 11.5 Å². The van der Waals surface area contributed by atoms with Gasteiger partial charge in [0.2, 0.25) is 5.91 Å². The number of carbonyl (C=O) groups is 1. The van der Waals surface area contributed by atoms with Crippen molar-refractivity contribution in [1.29, 1.82) is 0 Å². The van der Waals surface area contributed by atoms with Crippen molar-refractivity contribution in [3.8, 4) is 5.75 Å². The first-order chi connectivity index (χ1) is 12.0. The molecule has 25 heavy (non-hydrogen) atoms. The first-order valence-electron chi connectivity index (χ1n) is 7.75. The van der Waals surface area contributed by atoms with Crippen molar-refractivity contribution in [1.82, 2.24) is 19.6 Å². The highest BCUT2D eigenvalue weighted by molar-refractivity contribution is 6.30. The summed E-state index contributed by atoms with van der Waals surface area (Å²) >= 11 is 5.91. The number of hydrogen-bond donors (Lipinski definition) is 1. The molecule has 3 aromatic rings. The number of nitrogens with one attached hydrogen (secondary N) is 1. The van der Waals surface area contributed by atoms with Crippen LogP contribution in [-0.4, -0.2) is 25.5 Å². The topological polar surface area (TPSA) is 74.0 Å². The van der Waals surface area contributed by atoms with Crippen LogP contribution in [0.4, 0.5) is 5.69 Å². The molecular formula is C17H18ClN5O2. The maximum Gasteiger partial charge on any atom is 0.249 e. The zero-order valence-electron chi connectivity index (χ0n) is 13.9. The minimum Gasteiger partial charge on any atom is -0.471 e. The van der Waals surface area contributed by atoms with Crippen molar-refractivity contribution in [2.45, 2.75) is 26.6 Å². The first-order valence-corrected chi connectivity index (χ1v) is 8.12. The van der Waals surface area contributed by atoms with Gasteiger partial charge in [-0.15, -0.1) is 0 Å². The van der Waals surface area contributed by atoms with Crippen LogP contribution >= 0.6 is 11.6 Å². The Labute approximate surface area is 150 Å². The minimum atomic E-state index is -0.416. The third-order valence-corrected chi connectivity index (χ3v) is 3.91. The van der Waals surface area contributed by atoms with Crippen molar-refractivity contribution in [2.24, 2.45) is 0 Å². The molecule has 7 nitrogen and oxygen atoms in total. The number of aromatic nitrogens is 4. The molecule has 0 saturated carbocycles. The quantitative estimate of drug-likeness (QED) is 0.733. The fraction of sp³-hybridized carbons (Fsp3) is 0.235. The minimum absolute atomic E-state index is 0.165. The summed E-state index contributed by atoms with van der Waals surface area (Å²) in [6, 6.07) is 8.56. The number of nitrogens with zero attached hydrogens (tertiary/aromatic N) is 4. The van der Waals surface area contributed by atoms with Crippen LogP contribution in [0.2, 0.25) is 5.02 Å². The van der Waals surface area contributed by atoms with Gasteiger partial charge < -0.3 is 10.1 Å². The van der Waals surface area contributed by atoms with E-state index in [2.05, 4.69) is 15.5 Å². The van der Waals surface area contributed by atoms with Gasteiger partial charge in [0.05, 0.1) is 18.1 Å². The molecule has 0 bridgehead atoms. The number of benzene rings is 1. The van der Waals surface area contributed by atoms with Crippen molar-refractivity contribution in [3.05, 3.63) is 59.6 Å². The van der Waals surface area contributed by atoms with E-state index in [-0.39, 0.29) is 12.6 Å². The second-order valence-electron chi connectivity index (χ2n) is 5.58. The lowest BCUT2D eigenvalue weighted by atomic mass is 10.3. The predicted octanol–water partition coefficient (Wildman–Crippen LogP) is 3.28. The molecule has 1 amide bonds. The number of anilines is 1. The molecule has 2 aromatic heterocycles. The van der Waals surface area contributed by atoms with E-state index in [0.717, 1.165) is 5.69 Å². The molecule has 0 saturated heterocycles. The molecule has 0 fully saturated rings. The molecule has 2 heterocycles. The van der Waals surface area contributed by atoms with Gasteiger partial charge in [-0.3, -0.25) is 9.48 Å². The standard InChI is InChI=1S/C17H18ClN5O2/c1-12-6-7-19-23(12)13(2)17(24)21-15-9-20-22(10-15)11-25-16-5-3-4-14(18)8-16/h3-10,13H,11H2,1-2H3,(H,21,24). The van der Waals surface area contributed by atoms with Crippen molar-refractivity contribution in [3.63, 3.8) is 0 Å². The molecule has 0 aliphatic carbocycles. The molecule has 0 aliphatic heterocycles. The summed E-state index contributed by atoms with van der Waals surface area (Å²) in [6.45, 7) is 3.91. The fourth-order valence-corrected chi connectivity index (χ4v) is 2.52. The van der Waals surface area contributed by atoms with Crippen LogP contribution in [0.15, 0.2) is 48.9 Å². The molecule has 3 rings (SSSR count). The van der Waals surface area contributed by atoms with Gasteiger partial charge in [0.1, 0.15) is 11.8 Å². The van der Waals surface area contributed by atoms with E-state index in [4.69, 9.17) is 16.3 Å². The van der Waals surface area contributed by atoms with Gasteiger partial charge >= 0.3 is 0 Å². The van der Waals surface area contributed by atoms with Gasteiger partial charge in [-0.05, 0) is 38.1 Å². The van der Waals surface area contributed by atoms with E-state index in [1.807, 2.05) is 25.1 Å². The highest BCUT2D eigenvalue weighted by Crippen LogP contribution is 2.18. The lowest BCUT2D eigenvalue weighted by molar-refractivity contribution is -0.119. The highest BCUT2D eigenvalue weighted by atomic mass is 35.5. The van der Waals surface area contributed by atoms with Gasteiger partial charge in [0, 0.05) is 16.9 Å². The highest BCUT2D eigenvalue weighted by Gasteiger charge is 2.17. The summed E-state index contributed by atoms with van der Waals surface area (Å²) < 4.78 is 8.85. The number of rotatable bonds is 6. The zero-order valence-corrected chi connectivity index (χ0v) is 14.6. The third kappa shape index (κ3) is 4.19. The molecule has 1 unspecified atom stereocenters. The van der Waals surface area contributed by atoms with E-state index in [9.17, 15) is 4.79 Å². The zero-order chi connectivity index (χ0) is 17.8. The van der Waals surface area contributed by atoms with Crippen LogP contribution in [0.5, 0.6) is 5.75 Å². The number of ether oxygens (including phenoxy) is 1. The van der Waals surface area contributed by atoms with Crippen LogP contribution in [0, 0.1) is 6.92 Å². The smallest absolute Gasteiger partial charge is 0.249 e. The number of amides is 1. The summed E-state index contributed by atoms with van der Waals surface area (Å²) in [5.74, 6) is 0.485. The number of aryl methyl sites for hydroxylation is 1. The molecule has 1 N–H and O–H groups in total. The first kappa shape index (κ1) is 17.0. The number of carbonyl (C=O) groups excluding carboxylic acids is 1. The van der Waals surface area contributed by atoms with E-state index in [1.54, 1.807) is 47.0 Å². The molecule has 8 heteroatoms. The Hall–Kier alpha value is -2.80. The van der Waals surface area contributed by atoms with Gasteiger partial charge in [-0.1, -0.05) is 17.7 Å². The normalized spacial score (nSPS) is 12.0. The Morgan fingerprint density at radius 1 is 1.36 bits per heavy atom. The van der Waals surface area contributed by atoms with Gasteiger partial charge in [-0.2, -0.15) is 10.2 Å². The third-order valence-electron chi connectivity index (χ3n) is 3.67. The molecule has 1 aromatic carbocycles. The number of hydrogen-bond acceptors (Lipinski definition) is 4. The summed E-state index contributed by atoms with van der Waals surface area (Å²) in [5, 5.41) is 11.8. The number of halogens is 1. The monoisotopic (exact) mass is 359 g/mol. The lowest BCUT2D eigenvalue weighted by Crippen LogP contribution is -2.25. The van der Waals surface area contributed by atoms with Gasteiger partial charge in [0.15, 0.2) is 6.73 Å². The summed E-state index contributed by atoms with van der Waals surface area (Å²) in [4.78, 5) is 12.3. The summed E-state index contributed by atoms with van der Waals surface area (Å²) in [7, 11) is 0. The molecule has 0 radical (unpaired) electrons. The average molecular weight is 360 g/mol. The molecule has 1 atom stereocenters. The second kappa shape index (κ2) is 7.40. The van der Waals surface area contributed by atoms with Crippen LogP contribution in [0.1, 0.15) is 18.7 Å². The van der Waals surface area contributed by atoms with E-state index < -0.39 is 6.04 Å². The van der Waals surface area contributed by atoms with E-state index in [1.165, 1.54) is 0 Å². The van der Waals surface area contributed by atoms with Crippen molar-refractivity contribution >= 4 is 23.2 Å². The van der Waals surface area contributed by atoms with Gasteiger partial charge in [0.25, 0.3) is 0 Å². The molecule has 130 valence electrons.